The molecule has 0 amide bonds. The van der Waals surface area contributed by atoms with Gasteiger partial charge in [0.15, 0.2) is 11.0 Å². The molecule has 0 aliphatic heterocycles. The number of imidazole rings is 1. The van der Waals surface area contributed by atoms with Crippen LogP contribution in [-0.2, 0) is 12.9 Å². The van der Waals surface area contributed by atoms with Crippen LogP contribution in [0.1, 0.15) is 0 Å². The van der Waals surface area contributed by atoms with Gasteiger partial charge in [-0.1, -0.05) is 42.1 Å². The first-order valence-corrected chi connectivity index (χ1v) is 6.94. The fraction of sp³-hybridized carbons (Fsp3) is 0.133. The van der Waals surface area contributed by atoms with Crippen molar-refractivity contribution >= 4 is 22.8 Å². The van der Waals surface area contributed by atoms with Crippen molar-refractivity contribution < 1.29 is 4.57 Å². The van der Waals surface area contributed by atoms with E-state index in [-0.39, 0.29) is 0 Å². The summed E-state index contributed by atoms with van der Waals surface area (Å²) in [6, 6.07) is 19.0. The Morgan fingerprint density at radius 2 is 1.72 bits per heavy atom. The van der Waals surface area contributed by atoms with Crippen LogP contribution in [0, 0.1) is 0 Å². The van der Waals surface area contributed by atoms with Gasteiger partial charge < -0.3 is 0 Å². The Morgan fingerprint density at radius 1 is 1.00 bits per heavy atom. The molecule has 0 radical (unpaired) electrons. The molecule has 0 saturated heterocycles. The second-order valence-electron chi connectivity index (χ2n) is 4.27. The van der Waals surface area contributed by atoms with Crippen molar-refractivity contribution in [2.75, 3.05) is 0 Å². The predicted molar refractivity (Wildman–Crippen MR) is 75.4 cm³/mol. The summed E-state index contributed by atoms with van der Waals surface area (Å²) in [5.41, 5.74) is 2.55. The van der Waals surface area contributed by atoms with E-state index < -0.39 is 0 Å². The average molecular weight is 255 g/mol. The van der Waals surface area contributed by atoms with Crippen molar-refractivity contribution in [3.8, 4) is 0 Å². The molecule has 90 valence electrons. The Hall–Kier alpha value is -1.74. The number of benzene rings is 2. The summed E-state index contributed by atoms with van der Waals surface area (Å²) < 4.78 is 4.45. The SMILES string of the molecule is C[n+]1cn(CSc2ccccc2)c2ccccc21. The molecule has 0 aliphatic rings. The van der Waals surface area contributed by atoms with Gasteiger partial charge in [-0.05, 0) is 24.3 Å². The number of aryl methyl sites for hydroxylation is 1. The lowest BCUT2D eigenvalue weighted by Crippen LogP contribution is -2.25. The Bertz CT molecular complexity index is 659. The first-order chi connectivity index (χ1) is 8.84. The van der Waals surface area contributed by atoms with Gasteiger partial charge in [-0.15, -0.1) is 0 Å². The van der Waals surface area contributed by atoms with Gasteiger partial charge in [0.1, 0.15) is 5.88 Å². The van der Waals surface area contributed by atoms with Crippen molar-refractivity contribution in [1.82, 2.24) is 4.57 Å². The number of fused-ring (bicyclic) bond motifs is 1. The van der Waals surface area contributed by atoms with E-state index >= 15 is 0 Å². The quantitative estimate of drug-likeness (QED) is 0.515. The molecule has 0 N–H and O–H groups in total. The van der Waals surface area contributed by atoms with Crippen LogP contribution in [0.15, 0.2) is 65.8 Å². The second-order valence-corrected chi connectivity index (χ2v) is 5.29. The maximum Gasteiger partial charge on any atom is 0.245 e. The topological polar surface area (TPSA) is 8.81 Å². The molecule has 1 heterocycles. The highest BCUT2D eigenvalue weighted by Crippen LogP contribution is 2.21. The zero-order valence-corrected chi connectivity index (χ0v) is 11.1. The highest BCUT2D eigenvalue weighted by Gasteiger charge is 2.11. The smallest absolute Gasteiger partial charge is 0.233 e. The first kappa shape index (κ1) is 11.4. The monoisotopic (exact) mass is 255 g/mol. The molecule has 0 aliphatic carbocycles. The van der Waals surface area contributed by atoms with Crippen molar-refractivity contribution in [1.29, 1.82) is 0 Å². The maximum absolute atomic E-state index is 2.28. The number of thioether (sulfide) groups is 1. The molecule has 0 bridgehead atoms. The molecule has 0 saturated carbocycles. The van der Waals surface area contributed by atoms with Crippen LogP contribution < -0.4 is 4.57 Å². The number of hydrogen-bond donors (Lipinski definition) is 0. The molecule has 1 aromatic heterocycles. The maximum atomic E-state index is 2.28. The van der Waals surface area contributed by atoms with E-state index in [4.69, 9.17) is 0 Å². The summed E-state index contributed by atoms with van der Waals surface area (Å²) in [6.45, 7) is 0. The van der Waals surface area contributed by atoms with E-state index in [1.165, 1.54) is 15.9 Å². The number of nitrogens with zero attached hydrogens (tertiary/aromatic N) is 2. The molecule has 2 aromatic carbocycles. The normalized spacial score (nSPS) is 10.9. The van der Waals surface area contributed by atoms with E-state index in [1.807, 2.05) is 11.8 Å². The van der Waals surface area contributed by atoms with Crippen LogP contribution in [0.5, 0.6) is 0 Å². The number of para-hydroxylation sites is 2. The number of hydrogen-bond acceptors (Lipinski definition) is 1. The minimum atomic E-state index is 0.936. The van der Waals surface area contributed by atoms with Crippen molar-refractivity contribution in [3.63, 3.8) is 0 Å². The summed E-state index contributed by atoms with van der Waals surface area (Å²) in [7, 11) is 2.09. The van der Waals surface area contributed by atoms with Gasteiger partial charge in [-0.25, -0.2) is 9.13 Å². The molecular weight excluding hydrogens is 240 g/mol. The Morgan fingerprint density at radius 3 is 2.56 bits per heavy atom. The molecule has 0 spiro atoms. The summed E-state index contributed by atoms with van der Waals surface area (Å²) >= 11 is 1.85. The lowest BCUT2D eigenvalue weighted by Gasteiger charge is -1.98. The predicted octanol–water partition coefficient (Wildman–Crippen LogP) is 3.22. The standard InChI is InChI=1S/C15H15N2S/c1-16-11-17(15-10-6-5-9-14(15)16)12-18-13-7-3-2-4-8-13/h2-11H,12H2,1H3/q+1. The van der Waals surface area contributed by atoms with Crippen LogP contribution in [0.25, 0.3) is 11.0 Å². The van der Waals surface area contributed by atoms with Crippen LogP contribution in [0.2, 0.25) is 0 Å². The van der Waals surface area contributed by atoms with Gasteiger partial charge >= 0.3 is 0 Å². The molecule has 0 unspecified atom stereocenters. The van der Waals surface area contributed by atoms with E-state index in [0.717, 1.165) is 5.88 Å². The molecule has 3 rings (SSSR count). The molecule has 2 nitrogen and oxygen atoms in total. The van der Waals surface area contributed by atoms with Gasteiger partial charge in [-0.2, -0.15) is 0 Å². The van der Waals surface area contributed by atoms with Gasteiger partial charge in [0.25, 0.3) is 0 Å². The van der Waals surface area contributed by atoms with E-state index in [1.54, 1.807) is 0 Å². The third kappa shape index (κ3) is 2.14. The lowest BCUT2D eigenvalue weighted by molar-refractivity contribution is -0.645. The number of rotatable bonds is 3. The van der Waals surface area contributed by atoms with Gasteiger partial charge in [-0.3, -0.25) is 0 Å². The van der Waals surface area contributed by atoms with Gasteiger partial charge in [0.2, 0.25) is 6.33 Å². The van der Waals surface area contributed by atoms with Crippen LogP contribution in [0.4, 0.5) is 0 Å². The van der Waals surface area contributed by atoms with Crippen LogP contribution >= 0.6 is 11.8 Å². The minimum Gasteiger partial charge on any atom is -0.233 e. The minimum absolute atomic E-state index is 0.936. The summed E-state index contributed by atoms with van der Waals surface area (Å²) in [5.74, 6) is 0.936. The largest absolute Gasteiger partial charge is 0.245 e. The fourth-order valence-electron chi connectivity index (χ4n) is 2.10. The molecule has 3 aromatic rings. The Labute approximate surface area is 111 Å². The van der Waals surface area contributed by atoms with Gasteiger partial charge in [0.05, 0.1) is 7.05 Å². The van der Waals surface area contributed by atoms with Crippen molar-refractivity contribution in [2.45, 2.75) is 10.8 Å². The zero-order chi connectivity index (χ0) is 12.4. The Kier molecular flexibility index (Phi) is 3.07. The third-order valence-corrected chi connectivity index (χ3v) is 4.01. The van der Waals surface area contributed by atoms with Crippen molar-refractivity contribution in [2.24, 2.45) is 7.05 Å². The zero-order valence-electron chi connectivity index (χ0n) is 10.3. The summed E-state index contributed by atoms with van der Waals surface area (Å²) in [5, 5.41) is 0. The first-order valence-electron chi connectivity index (χ1n) is 5.96. The number of aromatic nitrogens is 2. The van der Waals surface area contributed by atoms with Crippen LogP contribution in [-0.4, -0.2) is 4.57 Å². The fourth-order valence-corrected chi connectivity index (χ4v) is 2.95. The van der Waals surface area contributed by atoms with Crippen LogP contribution in [0.3, 0.4) is 0 Å². The third-order valence-electron chi connectivity index (χ3n) is 3.00. The highest BCUT2D eigenvalue weighted by molar-refractivity contribution is 7.98. The second kappa shape index (κ2) is 4.86. The molecule has 3 heteroatoms. The molecule has 0 fully saturated rings. The lowest BCUT2D eigenvalue weighted by atomic mass is 10.3. The Balaban J connectivity index is 1.87. The molecule has 0 atom stereocenters. The summed E-state index contributed by atoms with van der Waals surface area (Å²) in [6.07, 6.45) is 2.15. The molecular formula is C15H15N2S+. The molecule has 18 heavy (non-hydrogen) atoms. The average Bonchev–Trinajstić information content (AvgIpc) is 2.75. The van der Waals surface area contributed by atoms with Crippen molar-refractivity contribution in [3.05, 3.63) is 60.9 Å². The summed E-state index contributed by atoms with van der Waals surface area (Å²) in [4.78, 5) is 1.30. The van der Waals surface area contributed by atoms with E-state index in [0.29, 0.717) is 0 Å². The van der Waals surface area contributed by atoms with Gasteiger partial charge in [0, 0.05) is 4.90 Å². The van der Waals surface area contributed by atoms with E-state index in [2.05, 4.69) is 77.1 Å². The highest BCUT2D eigenvalue weighted by atomic mass is 32.2. The van der Waals surface area contributed by atoms with E-state index in [9.17, 15) is 0 Å².